The molecule has 1 aromatic heterocycles. The molecule has 3 rings (SSSR count). The van der Waals surface area contributed by atoms with E-state index in [1.54, 1.807) is 14.0 Å². The van der Waals surface area contributed by atoms with Crippen molar-refractivity contribution in [3.63, 3.8) is 0 Å². The van der Waals surface area contributed by atoms with Crippen LogP contribution < -0.4 is 5.32 Å². The van der Waals surface area contributed by atoms with Crippen molar-refractivity contribution in [3.05, 3.63) is 30.0 Å². The molecule has 0 saturated heterocycles. The van der Waals surface area contributed by atoms with E-state index in [-0.39, 0.29) is 17.8 Å². The Balaban J connectivity index is 1.96. The Hall–Kier alpha value is -2.21. The van der Waals surface area contributed by atoms with E-state index in [0.29, 0.717) is 12.3 Å². The molecule has 0 bridgehead atoms. The molecule has 0 spiro atoms. The number of rotatable bonds is 5. The minimum atomic E-state index is -0.447. The van der Waals surface area contributed by atoms with E-state index >= 15 is 0 Å². The second kappa shape index (κ2) is 7.57. The van der Waals surface area contributed by atoms with Crippen molar-refractivity contribution in [2.75, 3.05) is 19.0 Å². The zero-order chi connectivity index (χ0) is 16.9. The maximum Gasteiger partial charge on any atom is 0.361 e. The Labute approximate surface area is 141 Å². The van der Waals surface area contributed by atoms with Crippen LogP contribution in [0, 0.1) is 0 Å². The highest BCUT2D eigenvalue weighted by Gasteiger charge is 2.25. The first kappa shape index (κ1) is 16.6. The van der Waals surface area contributed by atoms with Gasteiger partial charge in [0.1, 0.15) is 0 Å². The molecule has 6 nitrogen and oxygen atoms in total. The zero-order valence-corrected chi connectivity index (χ0v) is 14.1. The summed E-state index contributed by atoms with van der Waals surface area (Å²) in [6, 6.07) is 7.92. The molecule has 1 fully saturated rings. The number of ether oxygens (including phenoxy) is 2. The average Bonchev–Trinajstić information content (AvgIpc) is 2.62. The van der Waals surface area contributed by atoms with Gasteiger partial charge in [-0.05, 0) is 38.7 Å². The Kier molecular flexibility index (Phi) is 5.25. The van der Waals surface area contributed by atoms with Crippen LogP contribution in [0.5, 0.6) is 0 Å². The fraction of sp³-hybridized carbons (Fsp3) is 0.500. The lowest BCUT2D eigenvalue weighted by molar-refractivity contribution is 0.0519. The van der Waals surface area contributed by atoms with Gasteiger partial charge in [0.25, 0.3) is 0 Å². The number of benzene rings is 1. The van der Waals surface area contributed by atoms with E-state index in [1.165, 1.54) is 0 Å². The molecule has 1 aromatic carbocycles. The molecule has 6 heteroatoms. The van der Waals surface area contributed by atoms with Crippen LogP contribution >= 0.6 is 0 Å². The summed E-state index contributed by atoms with van der Waals surface area (Å²) in [5, 5.41) is 12.7. The third-order valence-corrected chi connectivity index (χ3v) is 4.44. The first-order valence-corrected chi connectivity index (χ1v) is 8.44. The predicted octanol–water partition coefficient (Wildman–Crippen LogP) is 3.18. The normalized spacial score (nSPS) is 20.8. The lowest BCUT2D eigenvalue weighted by Gasteiger charge is -2.30. The highest BCUT2D eigenvalue weighted by Crippen LogP contribution is 2.29. The standard InChI is InChI=1S/C18H23N3O3/c1-3-24-18(22)17-16(14-9-4-5-10-15(14)20-21-17)19-12-7-6-8-13(11-12)23-2/h4-5,9-10,12-13H,3,6-8,11H2,1-2H3,(H,19,20). The number of anilines is 1. The first-order valence-electron chi connectivity index (χ1n) is 8.44. The first-order chi connectivity index (χ1) is 11.7. The zero-order valence-electron chi connectivity index (χ0n) is 14.1. The molecule has 2 unspecified atom stereocenters. The smallest absolute Gasteiger partial charge is 0.361 e. The highest BCUT2D eigenvalue weighted by atomic mass is 16.5. The molecule has 128 valence electrons. The van der Waals surface area contributed by atoms with E-state index in [0.717, 1.165) is 36.6 Å². The summed E-state index contributed by atoms with van der Waals surface area (Å²) in [5.74, 6) is -0.447. The molecular weight excluding hydrogens is 306 g/mol. The average molecular weight is 329 g/mol. The van der Waals surface area contributed by atoms with Gasteiger partial charge in [-0.1, -0.05) is 18.2 Å². The molecule has 1 aliphatic rings. The summed E-state index contributed by atoms with van der Waals surface area (Å²) < 4.78 is 10.6. The Morgan fingerprint density at radius 2 is 2.12 bits per heavy atom. The van der Waals surface area contributed by atoms with Gasteiger partial charge >= 0.3 is 5.97 Å². The fourth-order valence-electron chi connectivity index (χ4n) is 3.24. The number of methoxy groups -OCH3 is 1. The van der Waals surface area contributed by atoms with Crippen molar-refractivity contribution >= 4 is 22.6 Å². The van der Waals surface area contributed by atoms with Crippen LogP contribution in [0.2, 0.25) is 0 Å². The lowest BCUT2D eigenvalue weighted by Crippen LogP contribution is -2.32. The van der Waals surface area contributed by atoms with Gasteiger partial charge in [-0.2, -0.15) is 0 Å². The van der Waals surface area contributed by atoms with Gasteiger partial charge < -0.3 is 14.8 Å². The number of esters is 1. The van der Waals surface area contributed by atoms with Crippen LogP contribution in [0.3, 0.4) is 0 Å². The topological polar surface area (TPSA) is 73.3 Å². The summed E-state index contributed by atoms with van der Waals surface area (Å²) in [5.41, 5.74) is 1.71. The summed E-state index contributed by atoms with van der Waals surface area (Å²) in [6.07, 6.45) is 4.38. The molecule has 1 saturated carbocycles. The van der Waals surface area contributed by atoms with Crippen LogP contribution in [-0.2, 0) is 9.47 Å². The second-order valence-electron chi connectivity index (χ2n) is 6.03. The summed E-state index contributed by atoms with van der Waals surface area (Å²) in [4.78, 5) is 12.3. The van der Waals surface area contributed by atoms with Crippen LogP contribution in [-0.4, -0.2) is 42.0 Å². The molecule has 0 radical (unpaired) electrons. The molecule has 1 heterocycles. The van der Waals surface area contributed by atoms with Gasteiger partial charge in [0.2, 0.25) is 0 Å². The lowest BCUT2D eigenvalue weighted by atomic mass is 9.92. The molecule has 2 atom stereocenters. The summed E-state index contributed by atoms with van der Waals surface area (Å²) >= 11 is 0. The SMILES string of the molecule is CCOC(=O)c1nnc2ccccc2c1NC1CCCC(OC)C1. The third kappa shape index (κ3) is 3.48. The van der Waals surface area contributed by atoms with Crippen LogP contribution in [0.1, 0.15) is 43.1 Å². The van der Waals surface area contributed by atoms with Crippen molar-refractivity contribution in [1.29, 1.82) is 0 Å². The van der Waals surface area contributed by atoms with Crippen LogP contribution in [0.25, 0.3) is 10.9 Å². The summed E-state index contributed by atoms with van der Waals surface area (Å²) in [6.45, 7) is 2.09. The van der Waals surface area contributed by atoms with Crippen molar-refractivity contribution < 1.29 is 14.3 Å². The number of fused-ring (bicyclic) bond motifs is 1. The molecule has 1 aliphatic carbocycles. The van der Waals surface area contributed by atoms with E-state index in [2.05, 4.69) is 15.5 Å². The number of carbonyl (C=O) groups excluding carboxylic acids is 1. The van der Waals surface area contributed by atoms with Crippen LogP contribution in [0.15, 0.2) is 24.3 Å². The predicted molar refractivity (Wildman–Crippen MR) is 92.2 cm³/mol. The molecule has 24 heavy (non-hydrogen) atoms. The number of carbonyl (C=O) groups is 1. The Morgan fingerprint density at radius 1 is 1.29 bits per heavy atom. The summed E-state index contributed by atoms with van der Waals surface area (Å²) in [7, 11) is 1.75. The number of hydrogen-bond donors (Lipinski definition) is 1. The second-order valence-corrected chi connectivity index (χ2v) is 6.03. The minimum absolute atomic E-state index is 0.240. The number of hydrogen-bond acceptors (Lipinski definition) is 6. The Morgan fingerprint density at radius 3 is 2.92 bits per heavy atom. The minimum Gasteiger partial charge on any atom is -0.461 e. The van der Waals surface area contributed by atoms with E-state index in [1.807, 2.05) is 24.3 Å². The highest BCUT2D eigenvalue weighted by molar-refractivity contribution is 6.03. The third-order valence-electron chi connectivity index (χ3n) is 4.44. The van der Waals surface area contributed by atoms with Gasteiger partial charge in [-0.15, -0.1) is 10.2 Å². The number of nitrogens with one attached hydrogen (secondary N) is 1. The van der Waals surface area contributed by atoms with E-state index in [4.69, 9.17) is 9.47 Å². The monoisotopic (exact) mass is 329 g/mol. The van der Waals surface area contributed by atoms with Crippen molar-refractivity contribution in [2.45, 2.75) is 44.8 Å². The van der Waals surface area contributed by atoms with Gasteiger partial charge in [0.05, 0.1) is 23.9 Å². The van der Waals surface area contributed by atoms with Gasteiger partial charge in [-0.25, -0.2) is 4.79 Å². The van der Waals surface area contributed by atoms with E-state index in [9.17, 15) is 4.79 Å². The number of nitrogens with zero attached hydrogens (tertiary/aromatic N) is 2. The Bertz CT molecular complexity index is 720. The van der Waals surface area contributed by atoms with Crippen molar-refractivity contribution in [2.24, 2.45) is 0 Å². The molecule has 0 amide bonds. The van der Waals surface area contributed by atoms with Crippen LogP contribution in [0.4, 0.5) is 5.69 Å². The largest absolute Gasteiger partial charge is 0.461 e. The quantitative estimate of drug-likeness (QED) is 0.849. The van der Waals surface area contributed by atoms with Gasteiger partial charge in [0.15, 0.2) is 5.69 Å². The van der Waals surface area contributed by atoms with Gasteiger partial charge in [0, 0.05) is 18.5 Å². The van der Waals surface area contributed by atoms with Crippen molar-refractivity contribution in [3.8, 4) is 0 Å². The van der Waals surface area contributed by atoms with E-state index < -0.39 is 5.97 Å². The molecule has 1 N–H and O–H groups in total. The maximum atomic E-state index is 12.3. The number of aromatic nitrogens is 2. The molecule has 0 aliphatic heterocycles. The van der Waals surface area contributed by atoms with Gasteiger partial charge in [-0.3, -0.25) is 0 Å². The molecular formula is C18H23N3O3. The fourth-order valence-corrected chi connectivity index (χ4v) is 3.24. The molecule has 2 aromatic rings. The maximum absolute atomic E-state index is 12.3. The van der Waals surface area contributed by atoms with Crippen molar-refractivity contribution in [1.82, 2.24) is 10.2 Å².